The maximum Gasteiger partial charge on any atom is 0.341 e. The zero-order chi connectivity index (χ0) is 12.3. The van der Waals surface area contributed by atoms with E-state index < -0.39 is 5.97 Å². The summed E-state index contributed by atoms with van der Waals surface area (Å²) < 4.78 is 10.5. The molecule has 0 saturated carbocycles. The highest BCUT2D eigenvalue weighted by Crippen LogP contribution is 2.25. The molecular weight excluding hydrogens is 263 g/mol. The van der Waals surface area contributed by atoms with Crippen molar-refractivity contribution in [2.45, 2.75) is 18.9 Å². The van der Waals surface area contributed by atoms with Crippen LogP contribution in [0.15, 0.2) is 18.2 Å². The lowest BCUT2D eigenvalue weighted by Crippen LogP contribution is -2.18. The van der Waals surface area contributed by atoms with Crippen LogP contribution in [0.1, 0.15) is 23.2 Å². The number of hydrogen-bond donors (Lipinski definition) is 0. The molecule has 92 valence electrons. The SMILES string of the molecule is O=C(OC[C@@H]1CCCO1)c1c(Cl)cccc1Cl. The van der Waals surface area contributed by atoms with Gasteiger partial charge in [-0.05, 0) is 25.0 Å². The van der Waals surface area contributed by atoms with Crippen LogP contribution in [0.3, 0.4) is 0 Å². The molecule has 1 heterocycles. The molecule has 1 aliphatic rings. The highest BCUT2D eigenvalue weighted by atomic mass is 35.5. The monoisotopic (exact) mass is 274 g/mol. The van der Waals surface area contributed by atoms with Gasteiger partial charge in [0.1, 0.15) is 6.61 Å². The molecule has 0 radical (unpaired) electrons. The Bertz CT molecular complexity index is 394. The number of halogens is 2. The van der Waals surface area contributed by atoms with E-state index >= 15 is 0 Å². The molecular formula is C12H12Cl2O3. The lowest BCUT2D eigenvalue weighted by molar-refractivity contribution is 0.0161. The Hall–Kier alpha value is -0.770. The first-order chi connectivity index (χ1) is 8.18. The van der Waals surface area contributed by atoms with Gasteiger partial charge in [0.05, 0.1) is 21.7 Å². The summed E-state index contributed by atoms with van der Waals surface area (Å²) in [5.41, 5.74) is 0.217. The summed E-state index contributed by atoms with van der Waals surface area (Å²) in [5.74, 6) is -0.504. The Kier molecular flexibility index (Phi) is 4.26. The zero-order valence-electron chi connectivity index (χ0n) is 9.12. The molecule has 0 aliphatic carbocycles. The lowest BCUT2D eigenvalue weighted by atomic mass is 10.2. The second-order valence-corrected chi connectivity index (χ2v) is 4.64. The molecule has 17 heavy (non-hydrogen) atoms. The first-order valence-corrected chi connectivity index (χ1v) is 6.17. The number of esters is 1. The summed E-state index contributed by atoms with van der Waals surface area (Å²) in [6.07, 6.45) is 1.93. The Morgan fingerprint density at radius 2 is 2.12 bits per heavy atom. The Labute approximate surface area is 110 Å². The minimum atomic E-state index is -0.504. The summed E-state index contributed by atoms with van der Waals surface area (Å²) in [7, 11) is 0. The number of carbonyl (C=O) groups excluding carboxylic acids is 1. The number of rotatable bonds is 3. The number of ether oxygens (including phenoxy) is 2. The third-order valence-corrected chi connectivity index (χ3v) is 3.22. The van der Waals surface area contributed by atoms with E-state index in [9.17, 15) is 4.79 Å². The first kappa shape index (κ1) is 12.7. The third kappa shape index (κ3) is 3.12. The molecule has 0 unspecified atom stereocenters. The summed E-state index contributed by atoms with van der Waals surface area (Å²) in [6, 6.07) is 4.90. The zero-order valence-corrected chi connectivity index (χ0v) is 10.6. The molecule has 3 nitrogen and oxygen atoms in total. The molecule has 0 aromatic heterocycles. The molecule has 1 atom stereocenters. The average Bonchev–Trinajstić information content (AvgIpc) is 2.79. The molecule has 1 aromatic rings. The summed E-state index contributed by atoms with van der Waals surface area (Å²) in [5, 5.41) is 0.602. The van der Waals surface area contributed by atoms with E-state index in [-0.39, 0.29) is 18.3 Å². The van der Waals surface area contributed by atoms with Gasteiger partial charge in [0.2, 0.25) is 0 Å². The largest absolute Gasteiger partial charge is 0.459 e. The molecule has 5 heteroatoms. The van der Waals surface area contributed by atoms with Crippen LogP contribution >= 0.6 is 23.2 Å². The predicted molar refractivity (Wildman–Crippen MR) is 65.7 cm³/mol. The number of hydrogen-bond acceptors (Lipinski definition) is 3. The van der Waals surface area contributed by atoms with Crippen molar-refractivity contribution in [1.82, 2.24) is 0 Å². The van der Waals surface area contributed by atoms with Crippen LogP contribution in [-0.4, -0.2) is 25.3 Å². The Balaban J connectivity index is 1.99. The van der Waals surface area contributed by atoms with Gasteiger partial charge in [0, 0.05) is 6.61 Å². The van der Waals surface area contributed by atoms with Crippen molar-refractivity contribution in [3.63, 3.8) is 0 Å². The van der Waals surface area contributed by atoms with Crippen molar-refractivity contribution < 1.29 is 14.3 Å². The normalized spacial score (nSPS) is 19.3. The summed E-state index contributed by atoms with van der Waals surface area (Å²) in [4.78, 5) is 11.8. The molecule has 0 bridgehead atoms. The van der Waals surface area contributed by atoms with Crippen molar-refractivity contribution in [2.24, 2.45) is 0 Å². The van der Waals surface area contributed by atoms with Gasteiger partial charge in [-0.25, -0.2) is 4.79 Å². The van der Waals surface area contributed by atoms with Gasteiger partial charge in [-0.1, -0.05) is 29.3 Å². The topological polar surface area (TPSA) is 35.5 Å². The first-order valence-electron chi connectivity index (χ1n) is 5.41. The van der Waals surface area contributed by atoms with Gasteiger partial charge in [-0.15, -0.1) is 0 Å². The van der Waals surface area contributed by atoms with E-state index in [1.807, 2.05) is 0 Å². The maximum absolute atomic E-state index is 11.8. The number of benzene rings is 1. The van der Waals surface area contributed by atoms with Crippen molar-refractivity contribution in [3.05, 3.63) is 33.8 Å². The fourth-order valence-electron chi connectivity index (χ4n) is 1.71. The van der Waals surface area contributed by atoms with Crippen molar-refractivity contribution in [2.75, 3.05) is 13.2 Å². The van der Waals surface area contributed by atoms with Crippen LogP contribution in [0, 0.1) is 0 Å². The van der Waals surface area contributed by atoms with Crippen LogP contribution in [0.5, 0.6) is 0 Å². The van der Waals surface area contributed by atoms with Gasteiger partial charge >= 0.3 is 5.97 Å². The van der Waals surface area contributed by atoms with Crippen molar-refractivity contribution >= 4 is 29.2 Å². The van der Waals surface area contributed by atoms with E-state index in [1.54, 1.807) is 18.2 Å². The number of carbonyl (C=O) groups is 1. The molecule has 0 spiro atoms. The van der Waals surface area contributed by atoms with Crippen molar-refractivity contribution in [1.29, 1.82) is 0 Å². The van der Waals surface area contributed by atoms with E-state index in [4.69, 9.17) is 32.7 Å². The van der Waals surface area contributed by atoms with Crippen LogP contribution in [0.2, 0.25) is 10.0 Å². The van der Waals surface area contributed by atoms with Gasteiger partial charge in [0.25, 0.3) is 0 Å². The second-order valence-electron chi connectivity index (χ2n) is 3.83. The second kappa shape index (κ2) is 5.71. The van der Waals surface area contributed by atoms with E-state index in [0.717, 1.165) is 19.4 Å². The summed E-state index contributed by atoms with van der Waals surface area (Å²) >= 11 is 11.8. The van der Waals surface area contributed by atoms with Gasteiger partial charge in [0.15, 0.2) is 0 Å². The molecule has 1 aromatic carbocycles. The predicted octanol–water partition coefficient (Wildman–Crippen LogP) is 3.33. The Morgan fingerprint density at radius 1 is 1.41 bits per heavy atom. The molecule has 1 fully saturated rings. The molecule has 0 amide bonds. The smallest absolute Gasteiger partial charge is 0.341 e. The quantitative estimate of drug-likeness (QED) is 0.794. The lowest BCUT2D eigenvalue weighted by Gasteiger charge is -2.11. The Morgan fingerprint density at radius 3 is 2.71 bits per heavy atom. The van der Waals surface area contributed by atoms with E-state index in [0.29, 0.717) is 10.0 Å². The summed E-state index contributed by atoms with van der Waals surface area (Å²) in [6.45, 7) is 0.982. The molecule has 2 rings (SSSR count). The van der Waals surface area contributed by atoms with Crippen molar-refractivity contribution in [3.8, 4) is 0 Å². The standard InChI is InChI=1S/C12H12Cl2O3/c13-9-4-1-5-10(14)11(9)12(15)17-7-8-3-2-6-16-8/h1,4-5,8H,2-3,6-7H2/t8-/m0/s1. The van der Waals surface area contributed by atoms with Crippen LogP contribution < -0.4 is 0 Å². The fourth-order valence-corrected chi connectivity index (χ4v) is 2.26. The van der Waals surface area contributed by atoms with Crippen LogP contribution in [0.25, 0.3) is 0 Å². The van der Waals surface area contributed by atoms with E-state index in [1.165, 1.54) is 0 Å². The van der Waals surface area contributed by atoms with Crippen LogP contribution in [-0.2, 0) is 9.47 Å². The maximum atomic E-state index is 11.8. The van der Waals surface area contributed by atoms with Gasteiger partial charge in [-0.2, -0.15) is 0 Å². The molecule has 1 saturated heterocycles. The molecule has 1 aliphatic heterocycles. The van der Waals surface area contributed by atoms with Gasteiger partial charge in [-0.3, -0.25) is 0 Å². The van der Waals surface area contributed by atoms with E-state index in [2.05, 4.69) is 0 Å². The minimum Gasteiger partial charge on any atom is -0.459 e. The van der Waals surface area contributed by atoms with Gasteiger partial charge < -0.3 is 9.47 Å². The highest BCUT2D eigenvalue weighted by Gasteiger charge is 2.20. The fraction of sp³-hybridized carbons (Fsp3) is 0.417. The van der Waals surface area contributed by atoms with Crippen LogP contribution in [0.4, 0.5) is 0 Å². The minimum absolute atomic E-state index is 0.000197. The average molecular weight is 275 g/mol. The highest BCUT2D eigenvalue weighted by molar-refractivity contribution is 6.39. The molecule has 0 N–H and O–H groups in total. The third-order valence-electron chi connectivity index (χ3n) is 2.59.